The van der Waals surface area contributed by atoms with Crippen molar-refractivity contribution in [3.8, 4) is 0 Å². The number of rotatable bonds is 5. The maximum absolute atomic E-state index is 13.0. The number of benzene rings is 1. The molecule has 1 aromatic carbocycles. The molecule has 0 heterocycles. The summed E-state index contributed by atoms with van der Waals surface area (Å²) in [5, 5.41) is 7.16. The highest BCUT2D eigenvalue weighted by atomic mass is 32.2. The van der Waals surface area contributed by atoms with Gasteiger partial charge in [0.1, 0.15) is 18.2 Å². The van der Waals surface area contributed by atoms with E-state index in [1.807, 2.05) is 0 Å². The third-order valence-electron chi connectivity index (χ3n) is 1.98. The number of nitrogen functional groups attached to an aromatic ring is 1. The van der Waals surface area contributed by atoms with Gasteiger partial charge in [-0.3, -0.25) is 10.1 Å². The molecule has 0 atom stereocenters. The van der Waals surface area contributed by atoms with Gasteiger partial charge in [0.05, 0.1) is 5.69 Å². The highest BCUT2D eigenvalue weighted by Gasteiger charge is 2.29. The SMILES string of the molecule is N=C(N)c1cc(F)ccc1NS(=O)(=O)NCC(F)(F)F. The lowest BCUT2D eigenvalue weighted by molar-refractivity contribution is -0.121. The first-order valence-corrected chi connectivity index (χ1v) is 6.46. The Morgan fingerprint density at radius 3 is 2.45 bits per heavy atom. The maximum Gasteiger partial charge on any atom is 0.402 e. The van der Waals surface area contributed by atoms with E-state index in [9.17, 15) is 26.0 Å². The molecule has 112 valence electrons. The minimum atomic E-state index is -4.72. The van der Waals surface area contributed by atoms with Crippen LogP contribution in [0.15, 0.2) is 18.2 Å². The molecule has 1 aromatic rings. The Morgan fingerprint density at radius 2 is 1.95 bits per heavy atom. The third kappa shape index (κ3) is 5.01. The molecule has 11 heteroatoms. The number of hydrogen-bond donors (Lipinski definition) is 4. The van der Waals surface area contributed by atoms with Gasteiger partial charge in [0.2, 0.25) is 0 Å². The van der Waals surface area contributed by atoms with Crippen LogP contribution >= 0.6 is 0 Å². The fourth-order valence-electron chi connectivity index (χ4n) is 1.19. The first-order chi connectivity index (χ1) is 9.00. The standard InChI is InChI=1S/C9H10F4N4O2S/c10-5-1-2-7(6(3-5)8(14)15)17-20(18,19)16-4-9(11,12)13/h1-3,16-17H,4H2,(H3,14,15). The molecule has 1 rings (SSSR count). The van der Waals surface area contributed by atoms with Gasteiger partial charge >= 0.3 is 6.18 Å². The smallest absolute Gasteiger partial charge is 0.384 e. The Morgan fingerprint density at radius 1 is 1.35 bits per heavy atom. The second-order valence-electron chi connectivity index (χ2n) is 3.65. The van der Waals surface area contributed by atoms with Gasteiger partial charge in [-0.05, 0) is 18.2 Å². The lowest BCUT2D eigenvalue weighted by Gasteiger charge is -2.13. The van der Waals surface area contributed by atoms with Crippen LogP contribution in [0, 0.1) is 11.2 Å². The Balaban J connectivity index is 2.95. The van der Waals surface area contributed by atoms with Gasteiger partial charge in [-0.15, -0.1) is 0 Å². The predicted octanol–water partition coefficient (Wildman–Crippen LogP) is 0.918. The maximum atomic E-state index is 13.0. The van der Waals surface area contributed by atoms with E-state index in [1.165, 1.54) is 4.72 Å². The molecule has 0 unspecified atom stereocenters. The second kappa shape index (κ2) is 5.63. The van der Waals surface area contributed by atoms with Crippen molar-refractivity contribution in [3.05, 3.63) is 29.6 Å². The molecule has 0 radical (unpaired) electrons. The number of nitrogens with one attached hydrogen (secondary N) is 3. The van der Waals surface area contributed by atoms with Gasteiger partial charge in [-0.25, -0.2) is 4.39 Å². The predicted molar refractivity (Wildman–Crippen MR) is 64.0 cm³/mol. The van der Waals surface area contributed by atoms with Gasteiger partial charge in [0.25, 0.3) is 10.2 Å². The van der Waals surface area contributed by atoms with Crippen LogP contribution in [0.4, 0.5) is 23.2 Å². The summed E-state index contributed by atoms with van der Waals surface area (Å²) in [6.45, 7) is -1.76. The average Bonchev–Trinajstić information content (AvgIpc) is 2.28. The van der Waals surface area contributed by atoms with E-state index in [0.29, 0.717) is 0 Å². The monoisotopic (exact) mass is 314 g/mol. The summed E-state index contributed by atoms with van der Waals surface area (Å²) in [6.07, 6.45) is -4.72. The van der Waals surface area contributed by atoms with Crippen LogP contribution in [0.2, 0.25) is 0 Å². The van der Waals surface area contributed by atoms with E-state index in [2.05, 4.69) is 0 Å². The van der Waals surface area contributed by atoms with Crippen molar-refractivity contribution >= 4 is 21.7 Å². The highest BCUT2D eigenvalue weighted by molar-refractivity contribution is 7.90. The van der Waals surface area contributed by atoms with Gasteiger partial charge in [-0.2, -0.15) is 26.3 Å². The number of nitrogens with two attached hydrogens (primary N) is 1. The van der Waals surface area contributed by atoms with Crippen LogP contribution in [0.3, 0.4) is 0 Å². The van der Waals surface area contributed by atoms with Crippen molar-refractivity contribution in [3.63, 3.8) is 0 Å². The number of hydrogen-bond acceptors (Lipinski definition) is 3. The van der Waals surface area contributed by atoms with Crippen LogP contribution in [0.25, 0.3) is 0 Å². The fourth-order valence-corrected chi connectivity index (χ4v) is 2.08. The van der Waals surface area contributed by atoms with E-state index in [-0.39, 0.29) is 11.3 Å². The molecular formula is C9H10F4N4O2S. The first-order valence-electron chi connectivity index (χ1n) is 4.98. The zero-order valence-electron chi connectivity index (χ0n) is 9.75. The Hall–Kier alpha value is -1.88. The topological polar surface area (TPSA) is 108 Å². The van der Waals surface area contributed by atoms with Gasteiger partial charge in [0, 0.05) is 5.56 Å². The second-order valence-corrected chi connectivity index (χ2v) is 5.15. The third-order valence-corrected chi connectivity index (χ3v) is 2.99. The lowest BCUT2D eigenvalue weighted by atomic mass is 10.1. The molecule has 0 fully saturated rings. The Kier molecular flexibility index (Phi) is 4.55. The van der Waals surface area contributed by atoms with Crippen molar-refractivity contribution < 1.29 is 26.0 Å². The van der Waals surface area contributed by atoms with Crippen LogP contribution in [-0.2, 0) is 10.2 Å². The van der Waals surface area contributed by atoms with Crippen LogP contribution in [-0.4, -0.2) is 27.0 Å². The minimum absolute atomic E-state index is 0.289. The summed E-state index contributed by atoms with van der Waals surface area (Å²) in [4.78, 5) is 0. The van der Waals surface area contributed by atoms with Gasteiger partial charge in [-0.1, -0.05) is 0 Å². The zero-order valence-corrected chi connectivity index (χ0v) is 10.6. The van der Waals surface area contributed by atoms with E-state index < -0.39 is 34.6 Å². The van der Waals surface area contributed by atoms with Gasteiger partial charge < -0.3 is 5.73 Å². The molecule has 0 saturated carbocycles. The molecule has 0 spiro atoms. The molecule has 0 amide bonds. The van der Waals surface area contributed by atoms with Crippen molar-refractivity contribution in [1.82, 2.24) is 4.72 Å². The van der Waals surface area contributed by atoms with Crippen LogP contribution in [0.1, 0.15) is 5.56 Å². The molecule has 0 saturated heterocycles. The largest absolute Gasteiger partial charge is 0.402 e. The van der Waals surface area contributed by atoms with Crippen molar-refractivity contribution in [1.29, 1.82) is 5.41 Å². The van der Waals surface area contributed by atoms with E-state index in [4.69, 9.17) is 11.1 Å². The quantitative estimate of drug-likeness (QED) is 0.369. The molecular weight excluding hydrogens is 304 g/mol. The summed E-state index contributed by atoms with van der Waals surface area (Å²) >= 11 is 0. The Bertz CT molecular complexity index is 615. The number of alkyl halides is 3. The summed E-state index contributed by atoms with van der Waals surface area (Å²) in [5.41, 5.74) is 4.53. The van der Waals surface area contributed by atoms with Crippen LogP contribution in [0.5, 0.6) is 0 Å². The lowest BCUT2D eigenvalue weighted by Crippen LogP contribution is -2.37. The zero-order chi connectivity index (χ0) is 15.6. The van der Waals surface area contributed by atoms with E-state index in [0.717, 1.165) is 18.2 Å². The van der Waals surface area contributed by atoms with E-state index in [1.54, 1.807) is 4.72 Å². The first kappa shape index (κ1) is 16.2. The summed E-state index contributed by atoms with van der Waals surface area (Å²) < 4.78 is 74.5. The van der Waals surface area contributed by atoms with Crippen molar-refractivity contribution in [2.24, 2.45) is 5.73 Å². The number of anilines is 1. The molecule has 0 bridgehead atoms. The molecule has 20 heavy (non-hydrogen) atoms. The average molecular weight is 314 g/mol. The minimum Gasteiger partial charge on any atom is -0.384 e. The van der Waals surface area contributed by atoms with Gasteiger partial charge in [0.15, 0.2) is 0 Å². The summed E-state index contributed by atoms with van der Waals surface area (Å²) in [5.74, 6) is -1.42. The molecule has 0 aromatic heterocycles. The normalized spacial score (nSPS) is 12.2. The molecule has 0 aliphatic carbocycles. The highest BCUT2D eigenvalue weighted by Crippen LogP contribution is 2.18. The fraction of sp³-hybridized carbons (Fsp3) is 0.222. The van der Waals surface area contributed by atoms with Crippen molar-refractivity contribution in [2.75, 3.05) is 11.3 Å². The van der Waals surface area contributed by atoms with Crippen LogP contribution < -0.4 is 15.2 Å². The molecule has 5 N–H and O–H groups in total. The Labute approximate surface area is 111 Å². The number of halogens is 4. The molecule has 0 aliphatic rings. The summed E-state index contributed by atoms with van der Waals surface area (Å²) in [6, 6.07) is 2.59. The van der Waals surface area contributed by atoms with Crippen molar-refractivity contribution in [2.45, 2.75) is 6.18 Å². The number of amidine groups is 1. The molecule has 0 aliphatic heterocycles. The summed E-state index contributed by atoms with van der Waals surface area (Å²) in [7, 11) is -4.53. The molecule has 6 nitrogen and oxygen atoms in total. The van der Waals surface area contributed by atoms with E-state index >= 15 is 0 Å².